The Balaban J connectivity index is 1.85. The van der Waals surface area contributed by atoms with E-state index < -0.39 is 0 Å². The van der Waals surface area contributed by atoms with Gasteiger partial charge in [0.15, 0.2) is 11.5 Å². The lowest BCUT2D eigenvalue weighted by Gasteiger charge is -2.10. The number of hydrogen-bond acceptors (Lipinski definition) is 4. The molecule has 1 amide bonds. The summed E-state index contributed by atoms with van der Waals surface area (Å²) < 4.78 is 13.2. The highest BCUT2D eigenvalue weighted by Gasteiger charge is 2.10. The summed E-state index contributed by atoms with van der Waals surface area (Å²) in [5.41, 5.74) is 1.50. The number of nitrogens with one attached hydrogen (secondary N) is 1. The van der Waals surface area contributed by atoms with Gasteiger partial charge in [-0.05, 0) is 47.5 Å². The number of ether oxygens (including phenoxy) is 2. The average Bonchev–Trinajstić information content (AvgIpc) is 2.88. The van der Waals surface area contributed by atoms with Gasteiger partial charge in [0.1, 0.15) is 0 Å². The highest BCUT2D eigenvalue weighted by Crippen LogP contribution is 2.27. The fourth-order valence-corrected chi connectivity index (χ4v) is 2.45. The maximum atomic E-state index is 12.1. The summed E-state index contributed by atoms with van der Waals surface area (Å²) in [5.74, 6) is 1.00. The molecule has 0 aliphatic carbocycles. The first kappa shape index (κ1) is 17.3. The Morgan fingerprint density at radius 1 is 1.30 bits per heavy atom. The third-order valence-electron chi connectivity index (χ3n) is 3.38. The van der Waals surface area contributed by atoms with Crippen molar-refractivity contribution < 1.29 is 14.3 Å². The van der Waals surface area contributed by atoms with Crippen LogP contribution in [0.15, 0.2) is 28.9 Å². The number of hydrogen-bond donors (Lipinski definition) is 1. The van der Waals surface area contributed by atoms with Gasteiger partial charge in [0, 0.05) is 24.8 Å². The molecule has 1 aromatic heterocycles. The van der Waals surface area contributed by atoms with Crippen LogP contribution in [0.25, 0.3) is 0 Å². The first-order chi connectivity index (χ1) is 11.0. The van der Waals surface area contributed by atoms with Gasteiger partial charge in [-0.15, -0.1) is 0 Å². The number of aryl methyl sites for hydroxylation is 2. The molecule has 23 heavy (non-hydrogen) atoms. The summed E-state index contributed by atoms with van der Waals surface area (Å²) in [7, 11) is 3.11. The predicted octanol–water partition coefficient (Wildman–Crippen LogP) is 2.79. The van der Waals surface area contributed by atoms with Gasteiger partial charge >= 0.3 is 0 Å². The standard InChI is InChI=1S/C16H20BrN3O3/c1-11-13(17)10-20(19-11)8-4-7-18-16(21)12-5-6-14(22-2)15(9-12)23-3/h5-6,9-10H,4,7-8H2,1-3H3,(H,18,21). The fraction of sp³-hybridized carbons (Fsp3) is 0.375. The van der Waals surface area contributed by atoms with Crippen LogP contribution in [0.3, 0.4) is 0 Å². The minimum atomic E-state index is -0.135. The minimum Gasteiger partial charge on any atom is -0.493 e. The molecule has 2 rings (SSSR count). The second kappa shape index (κ2) is 8.01. The van der Waals surface area contributed by atoms with E-state index in [1.807, 2.05) is 17.8 Å². The topological polar surface area (TPSA) is 65.4 Å². The summed E-state index contributed by atoms with van der Waals surface area (Å²) in [4.78, 5) is 12.1. The maximum Gasteiger partial charge on any atom is 0.251 e. The number of carbonyl (C=O) groups excluding carboxylic acids is 1. The second-order valence-corrected chi connectivity index (χ2v) is 5.86. The van der Waals surface area contributed by atoms with Crippen LogP contribution in [0.2, 0.25) is 0 Å². The van der Waals surface area contributed by atoms with Crippen LogP contribution in [0.4, 0.5) is 0 Å². The Morgan fingerprint density at radius 3 is 2.65 bits per heavy atom. The molecule has 0 aliphatic rings. The summed E-state index contributed by atoms with van der Waals surface area (Å²) in [6, 6.07) is 5.10. The zero-order valence-electron chi connectivity index (χ0n) is 13.4. The summed E-state index contributed by atoms with van der Waals surface area (Å²) in [6.45, 7) is 3.27. The van der Waals surface area contributed by atoms with Crippen molar-refractivity contribution in [2.45, 2.75) is 19.9 Å². The highest BCUT2D eigenvalue weighted by molar-refractivity contribution is 9.10. The van der Waals surface area contributed by atoms with Crippen LogP contribution in [0, 0.1) is 6.92 Å². The van der Waals surface area contributed by atoms with Crippen LogP contribution in [-0.4, -0.2) is 36.5 Å². The van der Waals surface area contributed by atoms with Crippen molar-refractivity contribution >= 4 is 21.8 Å². The van der Waals surface area contributed by atoms with Crippen LogP contribution in [0.5, 0.6) is 11.5 Å². The molecule has 0 spiro atoms. The lowest BCUT2D eigenvalue weighted by atomic mass is 10.2. The van der Waals surface area contributed by atoms with Crippen molar-refractivity contribution in [3.8, 4) is 11.5 Å². The van der Waals surface area contributed by atoms with Crippen molar-refractivity contribution in [2.75, 3.05) is 20.8 Å². The summed E-state index contributed by atoms with van der Waals surface area (Å²) in [6.07, 6.45) is 2.73. The molecule has 0 unspecified atom stereocenters. The van der Waals surface area contributed by atoms with Crippen LogP contribution in [0.1, 0.15) is 22.5 Å². The molecule has 0 saturated carbocycles. The zero-order valence-corrected chi connectivity index (χ0v) is 15.0. The highest BCUT2D eigenvalue weighted by atomic mass is 79.9. The van der Waals surface area contributed by atoms with Gasteiger partial charge in [0.05, 0.1) is 24.4 Å². The number of aromatic nitrogens is 2. The number of methoxy groups -OCH3 is 2. The van der Waals surface area contributed by atoms with Gasteiger partial charge in [-0.1, -0.05) is 0 Å². The van der Waals surface area contributed by atoms with Gasteiger partial charge < -0.3 is 14.8 Å². The number of halogens is 1. The third-order valence-corrected chi connectivity index (χ3v) is 4.16. The normalized spacial score (nSPS) is 10.4. The first-order valence-corrected chi connectivity index (χ1v) is 8.04. The molecule has 0 fully saturated rings. The fourth-order valence-electron chi connectivity index (χ4n) is 2.13. The molecule has 124 valence electrons. The number of nitrogens with zero attached hydrogens (tertiary/aromatic N) is 2. The van der Waals surface area contributed by atoms with Gasteiger partial charge in [-0.2, -0.15) is 5.10 Å². The molecule has 0 saturated heterocycles. The average molecular weight is 382 g/mol. The van der Waals surface area contributed by atoms with E-state index >= 15 is 0 Å². The molecule has 0 aliphatic heterocycles. The molecule has 0 atom stereocenters. The van der Waals surface area contributed by atoms with E-state index in [0.717, 1.165) is 23.1 Å². The monoisotopic (exact) mass is 381 g/mol. The van der Waals surface area contributed by atoms with E-state index in [-0.39, 0.29) is 5.91 Å². The number of carbonyl (C=O) groups is 1. The molecule has 1 aromatic carbocycles. The maximum absolute atomic E-state index is 12.1. The van der Waals surface area contributed by atoms with Gasteiger partial charge in [-0.3, -0.25) is 9.48 Å². The van der Waals surface area contributed by atoms with E-state index in [1.165, 1.54) is 0 Å². The Labute approximate surface area is 143 Å². The van der Waals surface area contributed by atoms with Crippen LogP contribution < -0.4 is 14.8 Å². The second-order valence-electron chi connectivity index (χ2n) is 5.00. The zero-order chi connectivity index (χ0) is 16.8. The van der Waals surface area contributed by atoms with Gasteiger partial charge in [-0.25, -0.2) is 0 Å². The van der Waals surface area contributed by atoms with E-state index in [1.54, 1.807) is 32.4 Å². The Bertz CT molecular complexity index is 666. The molecule has 7 heteroatoms. The SMILES string of the molecule is COc1ccc(C(=O)NCCCn2cc(Br)c(C)n2)cc1OC. The van der Waals surface area contributed by atoms with E-state index in [4.69, 9.17) is 9.47 Å². The smallest absolute Gasteiger partial charge is 0.251 e. The van der Waals surface area contributed by atoms with Crippen molar-refractivity contribution in [1.82, 2.24) is 15.1 Å². The largest absolute Gasteiger partial charge is 0.493 e. The molecular formula is C16H20BrN3O3. The molecule has 0 bridgehead atoms. The van der Waals surface area contributed by atoms with Crippen LogP contribution in [-0.2, 0) is 6.54 Å². The van der Waals surface area contributed by atoms with Gasteiger partial charge in [0.2, 0.25) is 0 Å². The lowest BCUT2D eigenvalue weighted by Crippen LogP contribution is -2.25. The molecule has 1 N–H and O–H groups in total. The van der Waals surface area contributed by atoms with Crippen LogP contribution >= 0.6 is 15.9 Å². The first-order valence-electron chi connectivity index (χ1n) is 7.25. The van der Waals surface area contributed by atoms with Gasteiger partial charge in [0.25, 0.3) is 5.91 Å². The van der Waals surface area contributed by atoms with E-state index in [2.05, 4.69) is 26.3 Å². The number of benzene rings is 1. The Morgan fingerprint density at radius 2 is 2.04 bits per heavy atom. The quantitative estimate of drug-likeness (QED) is 0.748. The minimum absolute atomic E-state index is 0.135. The van der Waals surface area contributed by atoms with E-state index in [9.17, 15) is 4.79 Å². The lowest BCUT2D eigenvalue weighted by molar-refractivity contribution is 0.0952. The molecule has 6 nitrogen and oxygen atoms in total. The number of amides is 1. The Hall–Kier alpha value is -2.02. The Kier molecular flexibility index (Phi) is 6.04. The molecule has 0 radical (unpaired) electrons. The van der Waals surface area contributed by atoms with Crippen molar-refractivity contribution in [1.29, 1.82) is 0 Å². The van der Waals surface area contributed by atoms with Crippen molar-refractivity contribution in [2.24, 2.45) is 0 Å². The molecular weight excluding hydrogens is 362 g/mol. The van der Waals surface area contributed by atoms with Crippen molar-refractivity contribution in [3.05, 3.63) is 40.1 Å². The summed E-state index contributed by atoms with van der Waals surface area (Å²) >= 11 is 3.43. The molecule has 2 aromatic rings. The number of rotatable bonds is 7. The van der Waals surface area contributed by atoms with E-state index in [0.29, 0.717) is 23.6 Å². The summed E-state index contributed by atoms with van der Waals surface area (Å²) in [5, 5.41) is 7.24. The molecule has 1 heterocycles. The van der Waals surface area contributed by atoms with Crippen molar-refractivity contribution in [3.63, 3.8) is 0 Å². The third kappa shape index (κ3) is 4.48. The predicted molar refractivity (Wildman–Crippen MR) is 91.2 cm³/mol.